The van der Waals surface area contributed by atoms with Gasteiger partial charge in [0.2, 0.25) is 0 Å². The lowest BCUT2D eigenvalue weighted by atomic mass is 9.98. The molecule has 2 aromatic rings. The Balaban J connectivity index is 1.82. The molecule has 1 amide bonds. The number of aliphatic hydroxyl groups is 1. The highest BCUT2D eigenvalue weighted by molar-refractivity contribution is 5.95. The highest BCUT2D eigenvalue weighted by Crippen LogP contribution is 2.20. The highest BCUT2D eigenvalue weighted by atomic mass is 16.3. The number of hydrogen-bond donors (Lipinski definition) is 1. The van der Waals surface area contributed by atoms with Gasteiger partial charge in [-0.15, -0.1) is 0 Å². The standard InChI is InChI=1S/C18H21N3O2/c1-13-16(18(23)21-9-5-6-14(11-21)12-22)10-19-17(20-13)15-7-3-2-4-8-15/h2-4,7-8,10,14,22H,5-6,9,11-12H2,1H3. The summed E-state index contributed by atoms with van der Waals surface area (Å²) in [5.74, 6) is 0.768. The summed E-state index contributed by atoms with van der Waals surface area (Å²) >= 11 is 0. The lowest BCUT2D eigenvalue weighted by Crippen LogP contribution is -2.41. The number of aliphatic hydroxyl groups excluding tert-OH is 1. The van der Waals surface area contributed by atoms with Crippen LogP contribution in [0.3, 0.4) is 0 Å². The third-order valence-electron chi connectivity index (χ3n) is 4.31. The smallest absolute Gasteiger partial charge is 0.257 e. The summed E-state index contributed by atoms with van der Waals surface area (Å²) in [5, 5.41) is 9.32. The molecular weight excluding hydrogens is 290 g/mol. The van der Waals surface area contributed by atoms with Crippen LogP contribution in [0.25, 0.3) is 11.4 Å². The Morgan fingerprint density at radius 2 is 2.13 bits per heavy atom. The lowest BCUT2D eigenvalue weighted by molar-refractivity contribution is 0.0619. The monoisotopic (exact) mass is 311 g/mol. The van der Waals surface area contributed by atoms with Crippen molar-refractivity contribution in [2.24, 2.45) is 5.92 Å². The van der Waals surface area contributed by atoms with E-state index in [2.05, 4.69) is 9.97 Å². The van der Waals surface area contributed by atoms with E-state index in [0.29, 0.717) is 23.6 Å². The average Bonchev–Trinajstić information content (AvgIpc) is 2.62. The van der Waals surface area contributed by atoms with Crippen molar-refractivity contribution in [1.29, 1.82) is 0 Å². The zero-order chi connectivity index (χ0) is 16.2. The van der Waals surface area contributed by atoms with Gasteiger partial charge < -0.3 is 10.0 Å². The minimum Gasteiger partial charge on any atom is -0.396 e. The van der Waals surface area contributed by atoms with Crippen molar-refractivity contribution < 1.29 is 9.90 Å². The molecule has 1 aliphatic rings. The maximum absolute atomic E-state index is 12.7. The molecule has 0 bridgehead atoms. The molecular formula is C18H21N3O2. The molecule has 0 radical (unpaired) electrons. The predicted molar refractivity (Wildman–Crippen MR) is 87.9 cm³/mol. The van der Waals surface area contributed by atoms with E-state index in [4.69, 9.17) is 0 Å². The zero-order valence-corrected chi connectivity index (χ0v) is 13.3. The molecule has 5 heteroatoms. The molecule has 1 N–H and O–H groups in total. The van der Waals surface area contributed by atoms with Crippen molar-refractivity contribution in [3.8, 4) is 11.4 Å². The number of carbonyl (C=O) groups is 1. The maximum Gasteiger partial charge on any atom is 0.257 e. The number of nitrogens with zero attached hydrogens (tertiary/aromatic N) is 3. The molecule has 1 aromatic carbocycles. The van der Waals surface area contributed by atoms with Crippen LogP contribution in [0.4, 0.5) is 0 Å². The average molecular weight is 311 g/mol. The van der Waals surface area contributed by atoms with Gasteiger partial charge in [-0.1, -0.05) is 30.3 Å². The van der Waals surface area contributed by atoms with E-state index in [1.807, 2.05) is 37.3 Å². The first-order valence-corrected chi connectivity index (χ1v) is 7.98. The molecule has 120 valence electrons. The van der Waals surface area contributed by atoms with E-state index < -0.39 is 0 Å². The summed E-state index contributed by atoms with van der Waals surface area (Å²) in [6.07, 6.45) is 3.53. The van der Waals surface area contributed by atoms with Crippen LogP contribution in [0, 0.1) is 12.8 Å². The first kappa shape index (κ1) is 15.6. The van der Waals surface area contributed by atoms with Gasteiger partial charge in [0.15, 0.2) is 5.82 Å². The van der Waals surface area contributed by atoms with Gasteiger partial charge in [-0.25, -0.2) is 9.97 Å². The Bertz CT molecular complexity index is 688. The summed E-state index contributed by atoms with van der Waals surface area (Å²) in [6.45, 7) is 3.31. The quantitative estimate of drug-likeness (QED) is 0.944. The van der Waals surface area contributed by atoms with Crippen LogP contribution in [0.5, 0.6) is 0 Å². The van der Waals surface area contributed by atoms with E-state index in [9.17, 15) is 9.90 Å². The summed E-state index contributed by atoms with van der Waals surface area (Å²) in [4.78, 5) is 23.3. The molecule has 23 heavy (non-hydrogen) atoms. The largest absolute Gasteiger partial charge is 0.396 e. The molecule has 1 atom stereocenters. The Labute approximate surface area is 136 Å². The van der Waals surface area contributed by atoms with Crippen molar-refractivity contribution >= 4 is 5.91 Å². The van der Waals surface area contributed by atoms with Crippen LogP contribution >= 0.6 is 0 Å². The van der Waals surface area contributed by atoms with Gasteiger partial charge in [0.25, 0.3) is 5.91 Å². The van der Waals surface area contributed by atoms with Gasteiger partial charge in [-0.05, 0) is 25.7 Å². The summed E-state index contributed by atoms with van der Waals surface area (Å²) < 4.78 is 0. The molecule has 1 aromatic heterocycles. The maximum atomic E-state index is 12.7. The third kappa shape index (κ3) is 3.40. The van der Waals surface area contributed by atoms with Crippen LogP contribution in [0.2, 0.25) is 0 Å². The molecule has 1 aliphatic heterocycles. The number of carbonyl (C=O) groups excluding carboxylic acids is 1. The zero-order valence-electron chi connectivity index (χ0n) is 13.3. The minimum atomic E-state index is -0.0414. The minimum absolute atomic E-state index is 0.0414. The Morgan fingerprint density at radius 3 is 2.83 bits per heavy atom. The second-order valence-electron chi connectivity index (χ2n) is 6.00. The van der Waals surface area contributed by atoms with Crippen LogP contribution in [0.1, 0.15) is 28.9 Å². The molecule has 1 fully saturated rings. The molecule has 2 heterocycles. The van der Waals surface area contributed by atoms with Gasteiger partial charge in [-0.2, -0.15) is 0 Å². The first-order valence-electron chi connectivity index (χ1n) is 7.98. The molecule has 1 unspecified atom stereocenters. The second kappa shape index (κ2) is 6.87. The number of rotatable bonds is 3. The topological polar surface area (TPSA) is 66.3 Å². The number of aryl methyl sites for hydroxylation is 1. The summed E-state index contributed by atoms with van der Waals surface area (Å²) in [6, 6.07) is 9.73. The van der Waals surface area contributed by atoms with Gasteiger partial charge in [0, 0.05) is 31.5 Å². The number of benzene rings is 1. The van der Waals surface area contributed by atoms with Crippen molar-refractivity contribution in [2.75, 3.05) is 19.7 Å². The Kier molecular flexibility index (Phi) is 4.67. The fourth-order valence-electron chi connectivity index (χ4n) is 2.97. The molecule has 0 spiro atoms. The highest BCUT2D eigenvalue weighted by Gasteiger charge is 2.25. The number of likely N-dealkylation sites (tertiary alicyclic amines) is 1. The number of aromatic nitrogens is 2. The summed E-state index contributed by atoms with van der Waals surface area (Å²) in [5.41, 5.74) is 2.17. The van der Waals surface area contributed by atoms with Crippen LogP contribution < -0.4 is 0 Å². The number of piperidine rings is 1. The van der Waals surface area contributed by atoms with Crippen molar-refractivity contribution in [3.05, 3.63) is 47.8 Å². The van der Waals surface area contributed by atoms with E-state index >= 15 is 0 Å². The molecule has 0 saturated carbocycles. The van der Waals surface area contributed by atoms with Gasteiger partial charge in [0.05, 0.1) is 11.3 Å². The lowest BCUT2D eigenvalue weighted by Gasteiger charge is -2.32. The van der Waals surface area contributed by atoms with Crippen molar-refractivity contribution in [2.45, 2.75) is 19.8 Å². The molecule has 5 nitrogen and oxygen atoms in total. The Hall–Kier alpha value is -2.27. The predicted octanol–water partition coefficient (Wildman–Crippen LogP) is 2.30. The van der Waals surface area contributed by atoms with E-state index in [-0.39, 0.29) is 18.4 Å². The second-order valence-corrected chi connectivity index (χ2v) is 6.00. The van der Waals surface area contributed by atoms with Crippen molar-refractivity contribution in [1.82, 2.24) is 14.9 Å². The van der Waals surface area contributed by atoms with Gasteiger partial charge in [0.1, 0.15) is 0 Å². The molecule has 3 rings (SSSR count). The molecule has 1 saturated heterocycles. The van der Waals surface area contributed by atoms with Crippen LogP contribution in [-0.4, -0.2) is 45.6 Å². The van der Waals surface area contributed by atoms with Crippen LogP contribution in [-0.2, 0) is 0 Å². The van der Waals surface area contributed by atoms with Crippen LogP contribution in [0.15, 0.2) is 36.5 Å². The fraction of sp³-hybridized carbons (Fsp3) is 0.389. The SMILES string of the molecule is Cc1nc(-c2ccccc2)ncc1C(=O)N1CCCC(CO)C1. The molecule has 0 aliphatic carbocycles. The van der Waals surface area contributed by atoms with E-state index in [0.717, 1.165) is 24.9 Å². The third-order valence-corrected chi connectivity index (χ3v) is 4.31. The van der Waals surface area contributed by atoms with E-state index in [1.54, 1.807) is 11.1 Å². The van der Waals surface area contributed by atoms with Gasteiger partial charge in [-0.3, -0.25) is 4.79 Å². The summed E-state index contributed by atoms with van der Waals surface area (Å²) in [7, 11) is 0. The normalized spacial score (nSPS) is 18.0. The first-order chi connectivity index (χ1) is 11.2. The van der Waals surface area contributed by atoms with Crippen molar-refractivity contribution in [3.63, 3.8) is 0 Å². The number of hydrogen-bond acceptors (Lipinski definition) is 4. The number of amides is 1. The Morgan fingerprint density at radius 1 is 1.35 bits per heavy atom. The van der Waals surface area contributed by atoms with Gasteiger partial charge >= 0.3 is 0 Å². The van der Waals surface area contributed by atoms with E-state index in [1.165, 1.54) is 0 Å². The fourth-order valence-corrected chi connectivity index (χ4v) is 2.97.